The minimum Gasteiger partial charge on any atom is -0.493 e. The molecule has 0 saturated heterocycles. The summed E-state index contributed by atoms with van der Waals surface area (Å²) >= 11 is 2.64. The van der Waals surface area contributed by atoms with E-state index in [4.69, 9.17) is 4.74 Å². The zero-order chi connectivity index (χ0) is 22.5. The van der Waals surface area contributed by atoms with Crippen LogP contribution in [-0.2, 0) is 17.5 Å². The highest BCUT2D eigenvalue weighted by Gasteiger charge is 2.40. The molecule has 0 aliphatic carbocycles. The number of ether oxygens (including phenoxy) is 1. The first-order chi connectivity index (χ1) is 15.3. The van der Waals surface area contributed by atoms with Gasteiger partial charge in [0.2, 0.25) is 5.91 Å². The average molecular weight is 479 g/mol. The third kappa shape index (κ3) is 3.81. The quantitative estimate of drug-likeness (QED) is 0.587. The number of carbonyl (C=O) groups excluding carboxylic acids is 1. The fourth-order valence-electron chi connectivity index (χ4n) is 4.11. The molecule has 0 spiro atoms. The number of nitrogens with one attached hydrogen (secondary N) is 1. The van der Waals surface area contributed by atoms with E-state index < -0.39 is 17.6 Å². The first-order valence-electron chi connectivity index (χ1n) is 9.86. The van der Waals surface area contributed by atoms with E-state index in [2.05, 4.69) is 5.32 Å². The number of benzene rings is 2. The monoisotopic (exact) mass is 478 g/mol. The number of carbonyl (C=O) groups is 1. The fraction of sp³-hybridized carbons (Fsp3) is 0.273. The maximum atomic E-state index is 12.9. The van der Waals surface area contributed by atoms with Crippen LogP contribution in [0.25, 0.3) is 0 Å². The molecule has 32 heavy (non-hydrogen) atoms. The van der Waals surface area contributed by atoms with Crippen molar-refractivity contribution in [2.24, 2.45) is 5.92 Å². The number of aromatic nitrogens is 1. The number of halogens is 3. The molecule has 5 nitrogen and oxygen atoms in total. The minimum atomic E-state index is -4.50. The van der Waals surface area contributed by atoms with Crippen molar-refractivity contribution in [1.82, 2.24) is 4.57 Å². The van der Waals surface area contributed by atoms with Crippen molar-refractivity contribution in [3.63, 3.8) is 0 Å². The van der Waals surface area contributed by atoms with Gasteiger partial charge in [-0.05, 0) is 24.3 Å². The van der Waals surface area contributed by atoms with Crippen molar-refractivity contribution < 1.29 is 22.7 Å². The molecule has 0 saturated carbocycles. The van der Waals surface area contributed by atoms with Gasteiger partial charge in [-0.3, -0.25) is 14.2 Å². The number of hydrogen-bond donors (Lipinski definition) is 1. The summed E-state index contributed by atoms with van der Waals surface area (Å²) in [4.78, 5) is 26.0. The van der Waals surface area contributed by atoms with Crippen molar-refractivity contribution in [1.29, 1.82) is 0 Å². The van der Waals surface area contributed by atoms with E-state index in [1.807, 2.05) is 24.3 Å². The zero-order valence-electron chi connectivity index (χ0n) is 16.5. The van der Waals surface area contributed by atoms with E-state index in [9.17, 15) is 22.8 Å². The first-order valence-corrected chi connectivity index (χ1v) is 11.7. The average Bonchev–Trinajstić information content (AvgIpc) is 3.08. The molecular weight excluding hydrogens is 461 g/mol. The predicted octanol–water partition coefficient (Wildman–Crippen LogP) is 4.81. The lowest BCUT2D eigenvalue weighted by Crippen LogP contribution is -2.31. The summed E-state index contributed by atoms with van der Waals surface area (Å²) in [5.41, 5.74) is 0.223. The van der Waals surface area contributed by atoms with Gasteiger partial charge >= 0.3 is 11.0 Å². The second-order valence-corrected chi connectivity index (χ2v) is 9.65. The fourth-order valence-corrected chi connectivity index (χ4v) is 6.80. The largest absolute Gasteiger partial charge is 0.493 e. The summed E-state index contributed by atoms with van der Waals surface area (Å²) in [6, 6.07) is 12.2. The highest BCUT2D eigenvalue weighted by Crippen LogP contribution is 2.50. The molecule has 10 heteroatoms. The highest BCUT2D eigenvalue weighted by atomic mass is 32.2. The van der Waals surface area contributed by atoms with Crippen LogP contribution in [0.3, 0.4) is 0 Å². The summed E-state index contributed by atoms with van der Waals surface area (Å²) in [6.07, 6.45) is -4.50. The van der Waals surface area contributed by atoms with Crippen LogP contribution in [0.2, 0.25) is 0 Å². The molecule has 166 valence electrons. The molecule has 2 aromatic carbocycles. The van der Waals surface area contributed by atoms with E-state index in [0.29, 0.717) is 6.61 Å². The van der Waals surface area contributed by atoms with E-state index in [-0.39, 0.29) is 28.9 Å². The van der Waals surface area contributed by atoms with Crippen LogP contribution in [0, 0.1) is 5.92 Å². The molecule has 3 aromatic rings. The summed E-state index contributed by atoms with van der Waals surface area (Å²) in [6.45, 7) is 0.305. The van der Waals surface area contributed by atoms with Crippen molar-refractivity contribution in [2.75, 3.05) is 17.7 Å². The summed E-state index contributed by atoms with van der Waals surface area (Å²) in [5, 5.41) is 3.22. The third-order valence-corrected chi connectivity index (χ3v) is 8.04. The van der Waals surface area contributed by atoms with Gasteiger partial charge in [0, 0.05) is 33.7 Å². The Balaban J connectivity index is 1.41. The van der Waals surface area contributed by atoms with Crippen molar-refractivity contribution >= 4 is 34.7 Å². The number of rotatable bonds is 3. The Kier molecular flexibility index (Phi) is 5.29. The molecule has 5 rings (SSSR count). The standard InChI is InChI=1S/C22H17F3N2O3S2/c23-22(24,25)13-4-3-5-14(8-13)26-17(28)9-27-20-19(32-21(27)29)18-12(11-31-20)10-30-16-7-2-1-6-15(16)18/h1-8,12,18H,9-11H2,(H,26,28)/t12-,18+/m1/s1. The van der Waals surface area contributed by atoms with Crippen LogP contribution in [0.4, 0.5) is 18.9 Å². The van der Waals surface area contributed by atoms with E-state index in [0.717, 1.165) is 50.4 Å². The van der Waals surface area contributed by atoms with Crippen LogP contribution in [0.1, 0.15) is 21.9 Å². The molecule has 3 heterocycles. The molecule has 2 aliphatic rings. The van der Waals surface area contributed by atoms with E-state index >= 15 is 0 Å². The molecule has 1 amide bonds. The minimum absolute atomic E-state index is 0.0293. The van der Waals surface area contributed by atoms with Crippen molar-refractivity contribution in [3.8, 4) is 5.75 Å². The smallest absolute Gasteiger partial charge is 0.416 e. The molecule has 0 fully saturated rings. The maximum absolute atomic E-state index is 12.9. The summed E-state index contributed by atoms with van der Waals surface area (Å²) < 4.78 is 46.1. The van der Waals surface area contributed by atoms with Gasteiger partial charge in [-0.25, -0.2) is 0 Å². The number of hydrogen-bond acceptors (Lipinski definition) is 5. The molecule has 1 aromatic heterocycles. The van der Waals surface area contributed by atoms with Gasteiger partial charge in [0.05, 0.1) is 17.2 Å². The lowest BCUT2D eigenvalue weighted by atomic mass is 9.84. The second kappa shape index (κ2) is 8.00. The van der Waals surface area contributed by atoms with Gasteiger partial charge < -0.3 is 10.1 Å². The van der Waals surface area contributed by atoms with Gasteiger partial charge in [0.1, 0.15) is 12.3 Å². The number of nitrogens with zero attached hydrogens (tertiary/aromatic N) is 1. The molecule has 0 bridgehead atoms. The van der Waals surface area contributed by atoms with Gasteiger partial charge in [-0.15, -0.1) is 11.8 Å². The topological polar surface area (TPSA) is 60.3 Å². The number of alkyl halides is 3. The van der Waals surface area contributed by atoms with Crippen molar-refractivity contribution in [2.45, 2.75) is 23.7 Å². The number of thioether (sulfide) groups is 1. The van der Waals surface area contributed by atoms with E-state index in [1.165, 1.54) is 28.5 Å². The molecule has 0 radical (unpaired) electrons. The van der Waals surface area contributed by atoms with Gasteiger partial charge in [-0.2, -0.15) is 13.2 Å². The maximum Gasteiger partial charge on any atom is 0.416 e. The number of amides is 1. The lowest BCUT2D eigenvalue weighted by molar-refractivity contribution is -0.137. The first kappa shape index (κ1) is 21.1. The van der Waals surface area contributed by atoms with E-state index in [1.54, 1.807) is 0 Å². The van der Waals surface area contributed by atoms with Gasteiger partial charge in [0.15, 0.2) is 0 Å². The predicted molar refractivity (Wildman–Crippen MR) is 117 cm³/mol. The number of para-hydroxylation sites is 1. The van der Waals surface area contributed by atoms with Crippen LogP contribution in [-0.4, -0.2) is 22.8 Å². The molecule has 1 N–H and O–H groups in total. The van der Waals surface area contributed by atoms with Gasteiger partial charge in [-0.1, -0.05) is 35.6 Å². The summed E-state index contributed by atoms with van der Waals surface area (Å²) in [5.74, 6) is 1.26. The Hall–Kier alpha value is -2.72. The number of thiazole rings is 1. The zero-order valence-corrected chi connectivity index (χ0v) is 18.2. The van der Waals surface area contributed by atoms with Crippen molar-refractivity contribution in [3.05, 3.63) is 74.2 Å². The number of anilines is 1. The molecule has 2 aliphatic heterocycles. The number of fused-ring (bicyclic) bond motifs is 5. The SMILES string of the molecule is O=C(Cn1c2c(sc1=O)[C@@H]1c3ccccc3OC[C@@H]1CS2)Nc1cccc(C(F)(F)F)c1. The third-order valence-electron chi connectivity index (χ3n) is 5.54. The Morgan fingerprint density at radius 2 is 2.00 bits per heavy atom. The molecule has 2 atom stereocenters. The van der Waals surface area contributed by atoms with Gasteiger partial charge in [0.25, 0.3) is 0 Å². The Bertz CT molecular complexity index is 1250. The van der Waals surface area contributed by atoms with Crippen LogP contribution >= 0.6 is 23.1 Å². The second-order valence-electron chi connectivity index (χ2n) is 7.65. The Morgan fingerprint density at radius 3 is 2.81 bits per heavy atom. The Morgan fingerprint density at radius 1 is 1.19 bits per heavy atom. The van der Waals surface area contributed by atoms with Crippen LogP contribution in [0.5, 0.6) is 5.75 Å². The van der Waals surface area contributed by atoms with Crippen LogP contribution in [0.15, 0.2) is 58.4 Å². The molecular formula is C22H17F3N2O3S2. The lowest BCUT2D eigenvalue weighted by Gasteiger charge is -2.36. The Labute approximate surface area is 189 Å². The summed E-state index contributed by atoms with van der Waals surface area (Å²) in [7, 11) is 0. The molecule has 0 unspecified atom stereocenters. The highest BCUT2D eigenvalue weighted by molar-refractivity contribution is 7.99. The normalized spacial score (nSPS) is 19.3. The van der Waals surface area contributed by atoms with Crippen LogP contribution < -0.4 is 14.9 Å².